The van der Waals surface area contributed by atoms with Crippen molar-refractivity contribution in [3.63, 3.8) is 0 Å². The van der Waals surface area contributed by atoms with Crippen molar-refractivity contribution >= 4 is 22.5 Å². The Balaban J connectivity index is 1.91. The molecule has 2 rings (SSSR count). The van der Waals surface area contributed by atoms with E-state index < -0.39 is 0 Å². The Hall–Kier alpha value is -1.89. The molecule has 17 heavy (non-hydrogen) atoms. The molecule has 6 nitrogen and oxygen atoms in total. The van der Waals surface area contributed by atoms with E-state index >= 15 is 0 Å². The molecule has 0 fully saturated rings. The number of carbonyl (C=O) groups excluding carboxylic acids is 1. The van der Waals surface area contributed by atoms with Crippen LogP contribution in [0.1, 0.15) is 5.56 Å². The Morgan fingerprint density at radius 1 is 1.65 bits per heavy atom. The van der Waals surface area contributed by atoms with E-state index in [1.807, 2.05) is 18.6 Å². The zero-order valence-corrected chi connectivity index (χ0v) is 10.4. The predicted molar refractivity (Wildman–Crippen MR) is 65.8 cm³/mol. The molecule has 0 aliphatic rings. The van der Waals surface area contributed by atoms with Crippen molar-refractivity contribution in [3.05, 3.63) is 29.5 Å². The number of urea groups is 1. The lowest BCUT2D eigenvalue weighted by molar-refractivity contribution is 0.220. The molecule has 0 aliphatic carbocycles. The quantitative estimate of drug-likeness (QED) is 0.900. The first kappa shape index (κ1) is 11.6. The molecule has 0 saturated heterocycles. The van der Waals surface area contributed by atoms with Crippen LogP contribution < -0.4 is 5.32 Å². The molecule has 0 spiro atoms. The molecule has 2 heterocycles. The number of rotatable bonds is 3. The molecule has 90 valence electrons. The third kappa shape index (κ3) is 3.04. The van der Waals surface area contributed by atoms with Crippen molar-refractivity contribution < 1.29 is 4.79 Å². The fraction of sp³-hybridized carbons (Fsp3) is 0.300. The maximum Gasteiger partial charge on any atom is 0.323 e. The summed E-state index contributed by atoms with van der Waals surface area (Å²) < 4.78 is 1.71. The van der Waals surface area contributed by atoms with Crippen LogP contribution in [0.2, 0.25) is 0 Å². The van der Waals surface area contributed by atoms with E-state index in [1.165, 1.54) is 11.3 Å². The Labute approximate surface area is 103 Å². The molecule has 7 heteroatoms. The lowest BCUT2D eigenvalue weighted by atomic mass is 10.3. The van der Waals surface area contributed by atoms with E-state index in [2.05, 4.69) is 15.4 Å². The normalized spacial score (nSPS) is 10.2. The average molecular weight is 251 g/mol. The maximum atomic E-state index is 11.8. The summed E-state index contributed by atoms with van der Waals surface area (Å²) in [6, 6.07) is -0.177. The van der Waals surface area contributed by atoms with E-state index in [-0.39, 0.29) is 6.03 Å². The van der Waals surface area contributed by atoms with Gasteiger partial charge in [0.05, 0.1) is 12.7 Å². The Morgan fingerprint density at radius 3 is 3.06 bits per heavy atom. The van der Waals surface area contributed by atoms with Gasteiger partial charge in [-0.25, -0.2) is 9.78 Å². The van der Waals surface area contributed by atoms with Crippen LogP contribution in [0.4, 0.5) is 9.93 Å². The van der Waals surface area contributed by atoms with Crippen molar-refractivity contribution in [2.24, 2.45) is 7.05 Å². The SMILES string of the molecule is CN(Cc1cnn(C)c1)C(=O)Nc1nccs1. The first-order valence-corrected chi connectivity index (χ1v) is 5.92. The zero-order chi connectivity index (χ0) is 12.3. The van der Waals surface area contributed by atoms with Crippen LogP contribution in [-0.2, 0) is 13.6 Å². The van der Waals surface area contributed by atoms with Crippen molar-refractivity contribution in [1.82, 2.24) is 19.7 Å². The largest absolute Gasteiger partial charge is 0.323 e. The summed E-state index contributed by atoms with van der Waals surface area (Å²) in [6.45, 7) is 0.519. The molecule has 0 unspecified atom stereocenters. The highest BCUT2D eigenvalue weighted by Crippen LogP contribution is 2.11. The standard InChI is InChI=1S/C10H13N5OS/c1-14(6-8-5-12-15(2)7-8)10(16)13-9-11-3-4-17-9/h3-5,7H,6H2,1-2H3,(H,11,13,16). The van der Waals surface area contributed by atoms with Crippen LogP contribution in [0.3, 0.4) is 0 Å². The average Bonchev–Trinajstić information content (AvgIpc) is 2.90. The lowest BCUT2D eigenvalue weighted by Gasteiger charge is -2.15. The van der Waals surface area contributed by atoms with Gasteiger partial charge < -0.3 is 4.90 Å². The molecule has 2 aromatic heterocycles. The topological polar surface area (TPSA) is 63.1 Å². The molecule has 0 atom stereocenters. The number of amides is 2. The van der Waals surface area contributed by atoms with E-state index in [1.54, 1.807) is 29.0 Å². The van der Waals surface area contributed by atoms with Crippen molar-refractivity contribution in [2.75, 3.05) is 12.4 Å². The predicted octanol–water partition coefficient (Wildman–Crippen LogP) is 1.54. The third-order valence-electron chi connectivity index (χ3n) is 2.17. The van der Waals surface area contributed by atoms with Gasteiger partial charge in [-0.2, -0.15) is 5.10 Å². The molecule has 2 aromatic rings. The van der Waals surface area contributed by atoms with E-state index in [4.69, 9.17) is 0 Å². The Kier molecular flexibility index (Phi) is 3.38. The highest BCUT2D eigenvalue weighted by atomic mass is 32.1. The number of thiazole rings is 1. The second-order valence-electron chi connectivity index (χ2n) is 3.65. The summed E-state index contributed by atoms with van der Waals surface area (Å²) in [4.78, 5) is 17.4. The molecule has 1 N–H and O–H groups in total. The van der Waals surface area contributed by atoms with E-state index in [0.717, 1.165) is 5.56 Å². The minimum atomic E-state index is -0.177. The first-order valence-electron chi connectivity index (χ1n) is 5.04. The molecule has 2 amide bonds. The summed E-state index contributed by atoms with van der Waals surface area (Å²) in [6.07, 6.45) is 5.28. The molecule has 0 aromatic carbocycles. The molecular weight excluding hydrogens is 238 g/mol. The van der Waals surface area contributed by atoms with Crippen molar-refractivity contribution in [1.29, 1.82) is 0 Å². The molecule has 0 aliphatic heterocycles. The van der Waals surface area contributed by atoms with Crippen LogP contribution in [0.5, 0.6) is 0 Å². The van der Waals surface area contributed by atoms with Gasteiger partial charge >= 0.3 is 6.03 Å². The van der Waals surface area contributed by atoms with Gasteiger partial charge in [-0.05, 0) is 0 Å². The summed E-state index contributed by atoms with van der Waals surface area (Å²) in [5, 5.41) is 9.19. The fourth-order valence-electron chi connectivity index (χ4n) is 1.37. The smallest absolute Gasteiger partial charge is 0.323 e. The number of hydrogen-bond acceptors (Lipinski definition) is 4. The summed E-state index contributed by atoms with van der Waals surface area (Å²) in [5.41, 5.74) is 0.990. The molecular formula is C10H13N5OS. The van der Waals surface area contributed by atoms with Crippen molar-refractivity contribution in [2.45, 2.75) is 6.54 Å². The first-order chi connectivity index (χ1) is 8.15. The molecule has 0 saturated carbocycles. The monoisotopic (exact) mass is 251 g/mol. The highest BCUT2D eigenvalue weighted by Gasteiger charge is 2.11. The minimum absolute atomic E-state index is 0.177. The number of aromatic nitrogens is 3. The van der Waals surface area contributed by atoms with Gasteiger partial charge in [-0.1, -0.05) is 0 Å². The van der Waals surface area contributed by atoms with Gasteiger partial charge in [0.2, 0.25) is 0 Å². The van der Waals surface area contributed by atoms with Crippen LogP contribution in [0.15, 0.2) is 24.0 Å². The molecule has 0 radical (unpaired) electrons. The number of hydrogen-bond donors (Lipinski definition) is 1. The Bertz CT molecular complexity index is 493. The van der Waals surface area contributed by atoms with Crippen LogP contribution in [0.25, 0.3) is 0 Å². The van der Waals surface area contributed by atoms with Crippen LogP contribution in [-0.4, -0.2) is 32.7 Å². The van der Waals surface area contributed by atoms with E-state index in [9.17, 15) is 4.79 Å². The summed E-state index contributed by atoms with van der Waals surface area (Å²) in [5.74, 6) is 0. The number of carbonyl (C=O) groups is 1. The summed E-state index contributed by atoms with van der Waals surface area (Å²) >= 11 is 1.39. The van der Waals surface area contributed by atoms with Gasteiger partial charge in [0, 0.05) is 37.4 Å². The second-order valence-corrected chi connectivity index (χ2v) is 4.54. The zero-order valence-electron chi connectivity index (χ0n) is 9.62. The fourth-order valence-corrected chi connectivity index (χ4v) is 1.89. The minimum Gasteiger partial charge on any atom is -0.323 e. The van der Waals surface area contributed by atoms with Crippen LogP contribution in [0, 0.1) is 0 Å². The van der Waals surface area contributed by atoms with Gasteiger partial charge in [0.15, 0.2) is 5.13 Å². The van der Waals surface area contributed by atoms with Crippen LogP contribution >= 0.6 is 11.3 Å². The second kappa shape index (κ2) is 4.96. The van der Waals surface area contributed by atoms with Gasteiger partial charge in [-0.15, -0.1) is 11.3 Å². The van der Waals surface area contributed by atoms with E-state index in [0.29, 0.717) is 11.7 Å². The van der Waals surface area contributed by atoms with Gasteiger partial charge in [0.1, 0.15) is 0 Å². The van der Waals surface area contributed by atoms with Gasteiger partial charge in [-0.3, -0.25) is 10.00 Å². The summed E-state index contributed by atoms with van der Waals surface area (Å²) in [7, 11) is 3.58. The lowest BCUT2D eigenvalue weighted by Crippen LogP contribution is -2.30. The maximum absolute atomic E-state index is 11.8. The number of anilines is 1. The Morgan fingerprint density at radius 2 is 2.47 bits per heavy atom. The van der Waals surface area contributed by atoms with Crippen molar-refractivity contribution in [3.8, 4) is 0 Å². The number of nitrogens with zero attached hydrogens (tertiary/aromatic N) is 4. The third-order valence-corrected chi connectivity index (χ3v) is 2.86. The number of aryl methyl sites for hydroxylation is 1. The number of nitrogens with one attached hydrogen (secondary N) is 1. The highest BCUT2D eigenvalue weighted by molar-refractivity contribution is 7.13. The van der Waals surface area contributed by atoms with Gasteiger partial charge in [0.25, 0.3) is 0 Å². The molecule has 0 bridgehead atoms.